The quantitative estimate of drug-likeness (QED) is 0.347. The fourth-order valence-corrected chi connectivity index (χ4v) is 1.31. The van der Waals surface area contributed by atoms with Crippen LogP contribution < -0.4 is 0 Å². The SMILES string of the molecule is C=C/C(=C(F)\C(C=O)=C/C)c1cccnc1F. The molecule has 0 radical (unpaired) electrons. The van der Waals surface area contributed by atoms with Crippen LogP contribution in [0.15, 0.2) is 48.5 Å². The van der Waals surface area contributed by atoms with Gasteiger partial charge in [0.15, 0.2) is 6.29 Å². The normalized spacial score (nSPS) is 13.0. The van der Waals surface area contributed by atoms with E-state index >= 15 is 0 Å². The van der Waals surface area contributed by atoms with Crippen LogP contribution in [-0.4, -0.2) is 11.3 Å². The summed E-state index contributed by atoms with van der Waals surface area (Å²) in [7, 11) is 0. The maximum atomic E-state index is 13.9. The zero-order valence-electron chi connectivity index (χ0n) is 9.28. The lowest BCUT2D eigenvalue weighted by Crippen LogP contribution is -1.95. The molecule has 0 saturated carbocycles. The van der Waals surface area contributed by atoms with E-state index in [1.54, 1.807) is 0 Å². The summed E-state index contributed by atoms with van der Waals surface area (Å²) < 4.78 is 27.3. The Labute approximate surface area is 98.0 Å². The van der Waals surface area contributed by atoms with Crippen molar-refractivity contribution in [2.75, 3.05) is 0 Å². The molecule has 0 saturated heterocycles. The molecular weight excluding hydrogens is 224 g/mol. The summed E-state index contributed by atoms with van der Waals surface area (Å²) in [5.74, 6) is -1.62. The minimum absolute atomic E-state index is 0.0267. The van der Waals surface area contributed by atoms with Crippen LogP contribution >= 0.6 is 0 Å². The number of rotatable bonds is 4. The summed E-state index contributed by atoms with van der Waals surface area (Å²) >= 11 is 0. The molecule has 1 heterocycles. The summed E-state index contributed by atoms with van der Waals surface area (Å²) in [5, 5.41) is 0. The minimum Gasteiger partial charge on any atom is -0.298 e. The van der Waals surface area contributed by atoms with E-state index in [1.165, 1.54) is 31.3 Å². The van der Waals surface area contributed by atoms with Crippen molar-refractivity contribution in [3.8, 4) is 0 Å². The van der Waals surface area contributed by atoms with Gasteiger partial charge in [0, 0.05) is 22.9 Å². The molecule has 0 fully saturated rings. The van der Waals surface area contributed by atoms with Gasteiger partial charge in [-0.2, -0.15) is 4.39 Å². The first-order valence-corrected chi connectivity index (χ1v) is 4.90. The third-order valence-electron chi connectivity index (χ3n) is 2.18. The van der Waals surface area contributed by atoms with Crippen molar-refractivity contribution in [1.29, 1.82) is 0 Å². The molecule has 88 valence electrons. The second-order valence-corrected chi connectivity index (χ2v) is 3.14. The zero-order chi connectivity index (χ0) is 12.8. The summed E-state index contributed by atoms with van der Waals surface area (Å²) in [5.41, 5.74) is -0.264. The van der Waals surface area contributed by atoms with E-state index in [4.69, 9.17) is 0 Å². The fraction of sp³-hybridized carbons (Fsp3) is 0.0769. The van der Waals surface area contributed by atoms with Crippen molar-refractivity contribution >= 4 is 11.9 Å². The molecule has 0 N–H and O–H groups in total. The Morgan fingerprint density at radius 2 is 2.24 bits per heavy atom. The topological polar surface area (TPSA) is 30.0 Å². The lowest BCUT2D eigenvalue weighted by atomic mass is 10.0. The number of hydrogen-bond donors (Lipinski definition) is 0. The highest BCUT2D eigenvalue weighted by Gasteiger charge is 2.13. The van der Waals surface area contributed by atoms with Gasteiger partial charge in [-0.05, 0) is 19.1 Å². The number of aromatic nitrogens is 1. The first-order valence-electron chi connectivity index (χ1n) is 4.90. The Hall–Kier alpha value is -2.10. The molecule has 0 aliphatic rings. The van der Waals surface area contributed by atoms with Gasteiger partial charge < -0.3 is 0 Å². The van der Waals surface area contributed by atoms with E-state index in [0.29, 0.717) is 6.29 Å². The first-order chi connectivity index (χ1) is 8.15. The number of carbonyl (C=O) groups excluding carboxylic acids is 1. The molecule has 17 heavy (non-hydrogen) atoms. The second kappa shape index (κ2) is 5.84. The van der Waals surface area contributed by atoms with Crippen molar-refractivity contribution < 1.29 is 13.6 Å². The van der Waals surface area contributed by atoms with Gasteiger partial charge >= 0.3 is 0 Å². The summed E-state index contributed by atoms with van der Waals surface area (Å²) in [6, 6.07) is 2.85. The van der Waals surface area contributed by atoms with Crippen molar-refractivity contribution in [2.24, 2.45) is 0 Å². The van der Waals surface area contributed by atoms with E-state index in [9.17, 15) is 13.6 Å². The summed E-state index contributed by atoms with van der Waals surface area (Å²) in [6.07, 6.45) is 4.09. The number of carbonyl (C=O) groups is 1. The molecule has 0 atom stereocenters. The summed E-state index contributed by atoms with van der Waals surface area (Å²) in [6.45, 7) is 4.93. The number of nitrogens with zero attached hydrogens (tertiary/aromatic N) is 1. The van der Waals surface area contributed by atoms with Crippen molar-refractivity contribution in [3.63, 3.8) is 0 Å². The molecule has 0 aliphatic heterocycles. The zero-order valence-corrected chi connectivity index (χ0v) is 9.28. The van der Waals surface area contributed by atoms with Crippen molar-refractivity contribution in [1.82, 2.24) is 4.98 Å². The fourth-order valence-electron chi connectivity index (χ4n) is 1.31. The third kappa shape index (κ3) is 2.72. The molecule has 0 aliphatic carbocycles. The predicted octanol–water partition coefficient (Wildman–Crippen LogP) is 3.23. The van der Waals surface area contributed by atoms with Crippen LogP contribution in [-0.2, 0) is 4.79 Å². The Morgan fingerprint density at radius 1 is 1.53 bits per heavy atom. The van der Waals surface area contributed by atoms with Crippen LogP contribution in [0.4, 0.5) is 8.78 Å². The number of allylic oxidation sites excluding steroid dienone is 5. The standard InChI is InChI=1S/C13H11F2NO/c1-3-9(8-17)12(14)10(4-2)11-6-5-7-16-13(11)15/h3-8H,2H2,1H3/b9-3-,12-10-. The Kier molecular flexibility index (Phi) is 4.46. The average Bonchev–Trinajstić information content (AvgIpc) is 2.34. The van der Waals surface area contributed by atoms with Gasteiger partial charge in [0.2, 0.25) is 5.95 Å². The molecule has 0 aromatic carbocycles. The van der Waals surface area contributed by atoms with Crippen LogP contribution in [0, 0.1) is 5.95 Å². The largest absolute Gasteiger partial charge is 0.298 e. The number of halogens is 2. The van der Waals surface area contributed by atoms with Gasteiger partial charge in [0.1, 0.15) is 5.83 Å². The number of aldehydes is 1. The molecule has 0 spiro atoms. The Morgan fingerprint density at radius 3 is 2.71 bits per heavy atom. The molecule has 1 aromatic rings. The van der Waals surface area contributed by atoms with E-state index in [-0.39, 0.29) is 16.7 Å². The molecule has 4 heteroatoms. The third-order valence-corrected chi connectivity index (χ3v) is 2.18. The first kappa shape index (κ1) is 13.0. The minimum atomic E-state index is -0.815. The molecule has 0 amide bonds. The smallest absolute Gasteiger partial charge is 0.220 e. The van der Waals surface area contributed by atoms with Crippen molar-refractivity contribution in [3.05, 3.63) is 60.0 Å². The summed E-state index contributed by atoms with van der Waals surface area (Å²) in [4.78, 5) is 14.0. The molecule has 2 nitrogen and oxygen atoms in total. The molecule has 0 bridgehead atoms. The van der Waals surface area contributed by atoms with Gasteiger partial charge in [-0.25, -0.2) is 9.37 Å². The van der Waals surface area contributed by atoms with Crippen LogP contribution in [0.3, 0.4) is 0 Å². The van der Waals surface area contributed by atoms with Crippen molar-refractivity contribution in [2.45, 2.75) is 6.92 Å². The molecule has 1 rings (SSSR count). The lowest BCUT2D eigenvalue weighted by Gasteiger charge is -2.05. The van der Waals surface area contributed by atoms with E-state index < -0.39 is 11.8 Å². The molecule has 1 aromatic heterocycles. The van der Waals surface area contributed by atoms with Gasteiger partial charge in [0.05, 0.1) is 0 Å². The highest BCUT2D eigenvalue weighted by atomic mass is 19.1. The highest BCUT2D eigenvalue weighted by Crippen LogP contribution is 2.26. The molecule has 0 unspecified atom stereocenters. The second-order valence-electron chi connectivity index (χ2n) is 3.14. The Balaban J connectivity index is 3.43. The van der Waals surface area contributed by atoms with Crippen LogP contribution in [0.25, 0.3) is 5.57 Å². The monoisotopic (exact) mass is 235 g/mol. The van der Waals surface area contributed by atoms with Crippen LogP contribution in [0.2, 0.25) is 0 Å². The number of pyridine rings is 1. The Bertz CT molecular complexity index is 504. The van der Waals surface area contributed by atoms with E-state index in [2.05, 4.69) is 11.6 Å². The van der Waals surface area contributed by atoms with E-state index in [0.717, 1.165) is 6.08 Å². The van der Waals surface area contributed by atoms with Crippen LogP contribution in [0.5, 0.6) is 0 Å². The average molecular weight is 235 g/mol. The maximum Gasteiger partial charge on any atom is 0.220 e. The van der Waals surface area contributed by atoms with Gasteiger partial charge in [0.25, 0.3) is 0 Å². The highest BCUT2D eigenvalue weighted by molar-refractivity contribution is 5.88. The van der Waals surface area contributed by atoms with Gasteiger partial charge in [-0.1, -0.05) is 18.7 Å². The maximum absolute atomic E-state index is 13.9. The van der Waals surface area contributed by atoms with Crippen LogP contribution in [0.1, 0.15) is 12.5 Å². The molecular formula is C13H11F2NO. The van der Waals surface area contributed by atoms with E-state index in [1.807, 2.05) is 0 Å². The predicted molar refractivity (Wildman–Crippen MR) is 62.2 cm³/mol. The lowest BCUT2D eigenvalue weighted by molar-refractivity contribution is -0.104. The van der Waals surface area contributed by atoms with Gasteiger partial charge in [-0.15, -0.1) is 0 Å². The number of hydrogen-bond acceptors (Lipinski definition) is 2. The van der Waals surface area contributed by atoms with Gasteiger partial charge in [-0.3, -0.25) is 4.79 Å².